The zero-order valence-electron chi connectivity index (χ0n) is 10.2. The van der Waals surface area contributed by atoms with Crippen molar-refractivity contribution in [3.8, 4) is 0 Å². The lowest BCUT2D eigenvalue weighted by molar-refractivity contribution is -0.137. The van der Waals surface area contributed by atoms with Gasteiger partial charge in [0.05, 0.1) is 12.8 Å². The maximum absolute atomic E-state index is 12.1. The number of hydrogen-bond acceptors (Lipinski definition) is 4. The molecule has 1 heterocycles. The molecule has 0 aromatic carbocycles. The van der Waals surface area contributed by atoms with Crippen LogP contribution in [0.5, 0.6) is 0 Å². The molecule has 0 spiro atoms. The van der Waals surface area contributed by atoms with Crippen molar-refractivity contribution in [3.63, 3.8) is 0 Å². The van der Waals surface area contributed by atoms with Crippen molar-refractivity contribution in [2.75, 3.05) is 13.1 Å². The van der Waals surface area contributed by atoms with Gasteiger partial charge >= 0.3 is 11.9 Å². The summed E-state index contributed by atoms with van der Waals surface area (Å²) >= 11 is 0. The van der Waals surface area contributed by atoms with Gasteiger partial charge in [-0.2, -0.15) is 0 Å². The molecule has 1 amide bonds. The molecule has 0 bridgehead atoms. The molecule has 0 radical (unpaired) electrons. The minimum Gasteiger partial charge on any atom is -0.481 e. The summed E-state index contributed by atoms with van der Waals surface area (Å²) in [6, 6.07) is 2.99. The summed E-state index contributed by atoms with van der Waals surface area (Å²) in [6.45, 7) is -0.0481. The van der Waals surface area contributed by atoms with Crippen LogP contribution < -0.4 is 0 Å². The third-order valence-corrected chi connectivity index (χ3v) is 2.41. The molecule has 7 nitrogen and oxygen atoms in total. The molecule has 0 saturated carbocycles. The molecule has 7 heteroatoms. The summed E-state index contributed by atoms with van der Waals surface area (Å²) < 4.78 is 0. The van der Waals surface area contributed by atoms with Crippen LogP contribution in [0, 0.1) is 0 Å². The Morgan fingerprint density at radius 2 is 1.47 bits per heavy atom. The average Bonchev–Trinajstić information content (AvgIpc) is 2.38. The topological polar surface area (TPSA) is 108 Å². The molecule has 0 aliphatic rings. The molecular weight excluding hydrogens is 252 g/mol. The van der Waals surface area contributed by atoms with Crippen molar-refractivity contribution in [2.24, 2.45) is 0 Å². The Balaban J connectivity index is 2.73. The van der Waals surface area contributed by atoms with E-state index in [-0.39, 0.29) is 25.9 Å². The number of rotatable bonds is 7. The maximum Gasteiger partial charge on any atom is 0.305 e. The molecule has 1 aromatic rings. The van der Waals surface area contributed by atoms with Gasteiger partial charge in [-0.1, -0.05) is 0 Å². The van der Waals surface area contributed by atoms with Gasteiger partial charge in [0.1, 0.15) is 0 Å². The third-order valence-electron chi connectivity index (χ3n) is 2.41. The molecule has 19 heavy (non-hydrogen) atoms. The van der Waals surface area contributed by atoms with E-state index < -0.39 is 17.8 Å². The Morgan fingerprint density at radius 1 is 1.00 bits per heavy atom. The normalized spacial score (nSPS) is 9.89. The number of nitrogens with zero attached hydrogens (tertiary/aromatic N) is 2. The van der Waals surface area contributed by atoms with Crippen LogP contribution in [0.3, 0.4) is 0 Å². The van der Waals surface area contributed by atoms with E-state index in [1.807, 2.05) is 0 Å². The van der Waals surface area contributed by atoms with Crippen LogP contribution >= 0.6 is 0 Å². The minimum atomic E-state index is -1.04. The number of carboxylic acid groups (broad SMARTS) is 2. The Morgan fingerprint density at radius 3 is 1.89 bits per heavy atom. The van der Waals surface area contributed by atoms with E-state index in [1.54, 1.807) is 0 Å². The number of carbonyl (C=O) groups is 3. The molecule has 0 atom stereocenters. The lowest BCUT2D eigenvalue weighted by atomic mass is 10.2. The van der Waals surface area contributed by atoms with Gasteiger partial charge in [-0.05, 0) is 12.1 Å². The van der Waals surface area contributed by atoms with E-state index in [2.05, 4.69) is 4.98 Å². The largest absolute Gasteiger partial charge is 0.481 e. The fraction of sp³-hybridized carbons (Fsp3) is 0.333. The SMILES string of the molecule is O=C(O)CCN(CCC(=O)O)C(=O)c1ccncc1. The molecule has 0 saturated heterocycles. The second-order valence-corrected chi connectivity index (χ2v) is 3.82. The van der Waals surface area contributed by atoms with Gasteiger partial charge in [0.25, 0.3) is 5.91 Å². The van der Waals surface area contributed by atoms with E-state index in [9.17, 15) is 14.4 Å². The highest BCUT2D eigenvalue weighted by atomic mass is 16.4. The van der Waals surface area contributed by atoms with Gasteiger partial charge < -0.3 is 15.1 Å². The lowest BCUT2D eigenvalue weighted by Gasteiger charge is -2.21. The number of pyridine rings is 1. The van der Waals surface area contributed by atoms with Crippen LogP contribution in [0.4, 0.5) is 0 Å². The summed E-state index contributed by atoms with van der Waals surface area (Å²) in [4.78, 5) is 38.2. The summed E-state index contributed by atoms with van der Waals surface area (Å²) in [5.41, 5.74) is 0.353. The fourth-order valence-corrected chi connectivity index (χ4v) is 1.45. The first-order valence-electron chi connectivity index (χ1n) is 5.63. The third kappa shape index (κ3) is 5.15. The predicted octanol–water partition coefficient (Wildman–Crippen LogP) is 0.473. The Hall–Kier alpha value is -2.44. The molecule has 0 aliphatic carbocycles. The van der Waals surface area contributed by atoms with Crippen LogP contribution in [0.1, 0.15) is 23.2 Å². The fourth-order valence-electron chi connectivity index (χ4n) is 1.45. The number of aliphatic carboxylic acids is 2. The Kier molecular flexibility index (Phi) is 5.46. The van der Waals surface area contributed by atoms with E-state index in [1.165, 1.54) is 29.4 Å². The predicted molar refractivity (Wildman–Crippen MR) is 64.6 cm³/mol. The maximum atomic E-state index is 12.1. The quantitative estimate of drug-likeness (QED) is 0.742. The average molecular weight is 266 g/mol. The number of hydrogen-bond donors (Lipinski definition) is 2. The van der Waals surface area contributed by atoms with Gasteiger partial charge in [-0.3, -0.25) is 19.4 Å². The van der Waals surface area contributed by atoms with Gasteiger partial charge in [0.2, 0.25) is 0 Å². The van der Waals surface area contributed by atoms with Gasteiger partial charge in [0.15, 0.2) is 0 Å². The highest BCUT2D eigenvalue weighted by Crippen LogP contribution is 2.05. The summed E-state index contributed by atoms with van der Waals surface area (Å²) in [6.07, 6.45) is 2.44. The first-order chi connectivity index (χ1) is 9.00. The van der Waals surface area contributed by atoms with Gasteiger partial charge in [-0.25, -0.2) is 0 Å². The monoisotopic (exact) mass is 266 g/mol. The molecule has 1 rings (SSSR count). The van der Waals surface area contributed by atoms with Crippen LogP contribution in [-0.2, 0) is 9.59 Å². The molecule has 0 aliphatic heterocycles. The van der Waals surface area contributed by atoms with E-state index >= 15 is 0 Å². The van der Waals surface area contributed by atoms with Crippen molar-refractivity contribution >= 4 is 17.8 Å². The summed E-state index contributed by atoms with van der Waals surface area (Å²) in [7, 11) is 0. The summed E-state index contributed by atoms with van der Waals surface area (Å²) in [5.74, 6) is -2.48. The second-order valence-electron chi connectivity index (χ2n) is 3.82. The van der Waals surface area contributed by atoms with Gasteiger partial charge in [0, 0.05) is 31.0 Å². The van der Waals surface area contributed by atoms with Crippen LogP contribution in [-0.4, -0.2) is 51.0 Å². The smallest absolute Gasteiger partial charge is 0.305 e. The number of carboxylic acids is 2. The molecule has 0 unspecified atom stereocenters. The second kappa shape index (κ2) is 7.10. The molecule has 0 fully saturated rings. The molecule has 1 aromatic heterocycles. The van der Waals surface area contributed by atoms with Gasteiger partial charge in [-0.15, -0.1) is 0 Å². The van der Waals surface area contributed by atoms with E-state index in [4.69, 9.17) is 10.2 Å². The van der Waals surface area contributed by atoms with Crippen molar-refractivity contribution in [1.82, 2.24) is 9.88 Å². The highest BCUT2D eigenvalue weighted by Gasteiger charge is 2.17. The standard InChI is InChI=1S/C12H14N2O5/c15-10(16)3-7-14(8-4-11(17)18)12(19)9-1-5-13-6-2-9/h1-2,5-6H,3-4,7-8H2,(H,15,16)(H,17,18). The molecule has 102 valence electrons. The lowest BCUT2D eigenvalue weighted by Crippen LogP contribution is -2.34. The van der Waals surface area contributed by atoms with Crippen molar-refractivity contribution in [3.05, 3.63) is 30.1 Å². The van der Waals surface area contributed by atoms with Crippen molar-refractivity contribution in [2.45, 2.75) is 12.8 Å². The number of amides is 1. The van der Waals surface area contributed by atoms with Crippen molar-refractivity contribution < 1.29 is 24.6 Å². The molecule has 2 N–H and O–H groups in total. The Bertz CT molecular complexity index is 442. The minimum absolute atomic E-state index is 0.0240. The first kappa shape index (κ1) is 14.6. The zero-order chi connectivity index (χ0) is 14.3. The first-order valence-corrected chi connectivity index (χ1v) is 5.63. The molecular formula is C12H14N2O5. The van der Waals surface area contributed by atoms with E-state index in [0.29, 0.717) is 5.56 Å². The highest BCUT2D eigenvalue weighted by molar-refractivity contribution is 5.94. The Labute approximate surface area is 109 Å². The zero-order valence-corrected chi connectivity index (χ0v) is 10.2. The number of carbonyl (C=O) groups excluding carboxylic acids is 1. The van der Waals surface area contributed by atoms with E-state index in [0.717, 1.165) is 0 Å². The van der Waals surface area contributed by atoms with Crippen LogP contribution in [0.15, 0.2) is 24.5 Å². The van der Waals surface area contributed by atoms with Crippen molar-refractivity contribution in [1.29, 1.82) is 0 Å². The van der Waals surface area contributed by atoms with Crippen LogP contribution in [0.2, 0.25) is 0 Å². The number of aromatic nitrogens is 1. The summed E-state index contributed by atoms with van der Waals surface area (Å²) in [5, 5.41) is 17.3. The van der Waals surface area contributed by atoms with Crippen LogP contribution in [0.25, 0.3) is 0 Å².